The molecule has 1 aromatic rings. The fourth-order valence-corrected chi connectivity index (χ4v) is 3.34. The van der Waals surface area contributed by atoms with Crippen LogP contribution in [0.25, 0.3) is 0 Å². The fraction of sp³-hybridized carbons (Fsp3) is 0.565. The molecule has 154 valence electrons. The molecular formula is C23H32O5. The highest BCUT2D eigenvalue weighted by Gasteiger charge is 2.35. The molecule has 5 nitrogen and oxygen atoms in total. The molecule has 2 atom stereocenters. The van der Waals surface area contributed by atoms with Crippen molar-refractivity contribution in [3.05, 3.63) is 42.0 Å². The maximum absolute atomic E-state index is 11.7. The number of ether oxygens (including phenoxy) is 3. The zero-order valence-corrected chi connectivity index (χ0v) is 17.1. The summed E-state index contributed by atoms with van der Waals surface area (Å²) in [5, 5.41) is 0. The van der Waals surface area contributed by atoms with Crippen molar-refractivity contribution < 1.29 is 23.8 Å². The molecular weight excluding hydrogens is 356 g/mol. The summed E-state index contributed by atoms with van der Waals surface area (Å²) in [5.74, 6) is 0.110. The molecule has 0 bridgehead atoms. The first-order valence-corrected chi connectivity index (χ1v) is 10.2. The van der Waals surface area contributed by atoms with Crippen molar-refractivity contribution in [3.8, 4) is 5.75 Å². The number of hydrogen-bond acceptors (Lipinski definition) is 5. The van der Waals surface area contributed by atoms with Gasteiger partial charge < -0.3 is 14.2 Å². The zero-order valence-electron chi connectivity index (χ0n) is 17.1. The Kier molecular flexibility index (Phi) is 9.05. The van der Waals surface area contributed by atoms with Gasteiger partial charge in [0.05, 0.1) is 13.5 Å². The normalized spacial score (nSPS) is 17.3. The molecule has 1 aliphatic rings. The summed E-state index contributed by atoms with van der Waals surface area (Å²) in [4.78, 5) is 23.1. The Morgan fingerprint density at radius 1 is 1.18 bits per heavy atom. The number of carbonyl (C=O) groups excluding carboxylic acids is 2. The molecule has 0 radical (unpaired) electrons. The second-order valence-electron chi connectivity index (χ2n) is 7.36. The van der Waals surface area contributed by atoms with Crippen molar-refractivity contribution in [1.29, 1.82) is 0 Å². The van der Waals surface area contributed by atoms with Crippen LogP contribution in [0, 0.1) is 0 Å². The van der Waals surface area contributed by atoms with Crippen LogP contribution in [0.15, 0.2) is 36.4 Å². The van der Waals surface area contributed by atoms with Crippen molar-refractivity contribution in [2.24, 2.45) is 0 Å². The fourth-order valence-electron chi connectivity index (χ4n) is 3.34. The van der Waals surface area contributed by atoms with Gasteiger partial charge in [0.15, 0.2) is 0 Å². The highest BCUT2D eigenvalue weighted by Crippen LogP contribution is 2.28. The van der Waals surface area contributed by atoms with Crippen LogP contribution < -0.4 is 4.74 Å². The van der Waals surface area contributed by atoms with Gasteiger partial charge in [-0.3, -0.25) is 4.79 Å². The summed E-state index contributed by atoms with van der Waals surface area (Å²) in [5.41, 5.74) is 1.38. The Labute approximate surface area is 168 Å². The lowest BCUT2D eigenvalue weighted by Crippen LogP contribution is -2.31. The molecule has 1 saturated heterocycles. The van der Waals surface area contributed by atoms with Crippen molar-refractivity contribution in [3.63, 3.8) is 0 Å². The van der Waals surface area contributed by atoms with Crippen molar-refractivity contribution in [2.45, 2.75) is 76.9 Å². The van der Waals surface area contributed by atoms with Crippen LogP contribution in [0.1, 0.15) is 63.9 Å². The van der Waals surface area contributed by atoms with Crippen molar-refractivity contribution >= 4 is 11.9 Å². The molecule has 5 heteroatoms. The number of cyclic esters (lactones) is 1. The third-order valence-corrected chi connectivity index (χ3v) is 5.04. The molecule has 0 aromatic heterocycles. The number of benzene rings is 1. The molecule has 1 fully saturated rings. The second kappa shape index (κ2) is 11.5. The number of carbonyl (C=O) groups is 2. The molecule has 28 heavy (non-hydrogen) atoms. The lowest BCUT2D eigenvalue weighted by atomic mass is 10.0. The van der Waals surface area contributed by atoms with Gasteiger partial charge >= 0.3 is 11.9 Å². The van der Waals surface area contributed by atoms with E-state index in [0.717, 1.165) is 24.8 Å². The summed E-state index contributed by atoms with van der Waals surface area (Å²) in [6.45, 7) is 5.99. The summed E-state index contributed by atoms with van der Waals surface area (Å²) in [7, 11) is 1.38. The number of esters is 2. The Morgan fingerprint density at radius 2 is 1.86 bits per heavy atom. The zero-order chi connectivity index (χ0) is 20.4. The van der Waals surface area contributed by atoms with Gasteiger partial charge in [-0.25, -0.2) is 4.79 Å². The Hall–Kier alpha value is -2.30. The van der Waals surface area contributed by atoms with Gasteiger partial charge in [0, 0.05) is 12.0 Å². The maximum Gasteiger partial charge on any atom is 0.333 e. The van der Waals surface area contributed by atoms with Crippen molar-refractivity contribution in [1.82, 2.24) is 0 Å². The second-order valence-corrected chi connectivity index (χ2v) is 7.36. The number of hydrogen-bond donors (Lipinski definition) is 0. The van der Waals surface area contributed by atoms with Gasteiger partial charge in [-0.05, 0) is 30.5 Å². The third kappa shape index (κ3) is 7.02. The summed E-state index contributed by atoms with van der Waals surface area (Å²) in [6.07, 6.45) is 8.29. The van der Waals surface area contributed by atoms with Gasteiger partial charge in [-0.2, -0.15) is 0 Å². The molecule has 0 saturated carbocycles. The average molecular weight is 389 g/mol. The summed E-state index contributed by atoms with van der Waals surface area (Å²) < 4.78 is 16.3. The summed E-state index contributed by atoms with van der Waals surface area (Å²) >= 11 is 0. The molecule has 0 aliphatic carbocycles. The van der Waals surface area contributed by atoms with Gasteiger partial charge in [0.2, 0.25) is 0 Å². The monoisotopic (exact) mass is 388 g/mol. The predicted molar refractivity (Wildman–Crippen MR) is 108 cm³/mol. The number of unbranched alkanes of at least 4 members (excludes halogenated alkanes) is 5. The molecule has 1 aromatic carbocycles. The molecule has 0 spiro atoms. The molecule has 2 rings (SSSR count). The van der Waals surface area contributed by atoms with E-state index in [-0.39, 0.29) is 30.6 Å². The van der Waals surface area contributed by atoms with E-state index in [0.29, 0.717) is 17.7 Å². The minimum absolute atomic E-state index is 0.194. The predicted octanol–water partition coefficient (Wildman–Crippen LogP) is 4.77. The summed E-state index contributed by atoms with van der Waals surface area (Å²) in [6, 6.07) is 7.40. The lowest BCUT2D eigenvalue weighted by molar-refractivity contribution is -0.142. The highest BCUT2D eigenvalue weighted by atomic mass is 16.6. The maximum atomic E-state index is 11.7. The van der Waals surface area contributed by atoms with E-state index in [1.165, 1.54) is 32.8 Å². The van der Waals surface area contributed by atoms with E-state index < -0.39 is 0 Å². The van der Waals surface area contributed by atoms with E-state index in [2.05, 4.69) is 18.2 Å². The van der Waals surface area contributed by atoms with E-state index in [1.807, 2.05) is 24.3 Å². The first kappa shape index (κ1) is 22.0. The molecule has 1 aliphatic heterocycles. The van der Waals surface area contributed by atoms with Gasteiger partial charge in [0.1, 0.15) is 18.0 Å². The standard InChI is InChI=1S/C23H32O5/c1-4-5-6-7-8-9-10-20(21-15-17(2)23(25)28-21)27-19-13-11-18(12-14-19)16-22(24)26-3/h11-14,20-21H,2,4-10,15-16H2,1,3H3. The van der Waals surface area contributed by atoms with Crippen LogP contribution in [0.3, 0.4) is 0 Å². The quantitative estimate of drug-likeness (QED) is 0.293. The Balaban J connectivity index is 1.93. The van der Waals surface area contributed by atoms with E-state index in [9.17, 15) is 9.59 Å². The Bertz CT molecular complexity index is 633. The van der Waals surface area contributed by atoms with Crippen LogP contribution in [0.2, 0.25) is 0 Å². The minimum Gasteiger partial charge on any atom is -0.487 e. The van der Waals surface area contributed by atoms with Gasteiger partial charge in [-0.1, -0.05) is 57.7 Å². The topological polar surface area (TPSA) is 61.8 Å². The van der Waals surface area contributed by atoms with E-state index >= 15 is 0 Å². The molecule has 2 unspecified atom stereocenters. The minimum atomic E-state index is -0.324. The van der Waals surface area contributed by atoms with Crippen LogP contribution in [0.5, 0.6) is 5.75 Å². The molecule has 1 heterocycles. The average Bonchev–Trinajstić information content (AvgIpc) is 3.03. The molecule has 0 amide bonds. The number of methoxy groups -OCH3 is 1. The SMILES string of the molecule is C=C1CC(C(CCCCCCCC)Oc2ccc(CC(=O)OC)cc2)OC1=O. The van der Waals surface area contributed by atoms with E-state index in [4.69, 9.17) is 9.47 Å². The lowest BCUT2D eigenvalue weighted by Gasteiger charge is -2.24. The van der Waals surface area contributed by atoms with Crippen molar-refractivity contribution in [2.75, 3.05) is 7.11 Å². The Morgan fingerprint density at radius 3 is 2.46 bits per heavy atom. The largest absolute Gasteiger partial charge is 0.487 e. The smallest absolute Gasteiger partial charge is 0.333 e. The van der Waals surface area contributed by atoms with Gasteiger partial charge in [0.25, 0.3) is 0 Å². The van der Waals surface area contributed by atoms with Gasteiger partial charge in [-0.15, -0.1) is 0 Å². The molecule has 0 N–H and O–H groups in total. The van der Waals surface area contributed by atoms with Crippen LogP contribution in [-0.2, 0) is 25.5 Å². The van der Waals surface area contributed by atoms with Crippen LogP contribution >= 0.6 is 0 Å². The van der Waals surface area contributed by atoms with Crippen LogP contribution in [0.4, 0.5) is 0 Å². The van der Waals surface area contributed by atoms with Crippen LogP contribution in [-0.4, -0.2) is 31.3 Å². The first-order valence-electron chi connectivity index (χ1n) is 10.2. The number of rotatable bonds is 12. The first-order chi connectivity index (χ1) is 13.5. The van der Waals surface area contributed by atoms with E-state index in [1.54, 1.807) is 0 Å². The third-order valence-electron chi connectivity index (χ3n) is 5.04. The highest BCUT2D eigenvalue weighted by molar-refractivity contribution is 5.90.